The number of aromatic nitrogens is 3. The number of fused-ring (bicyclic) bond motifs is 1. The van der Waals surface area contributed by atoms with Crippen LogP contribution >= 0.6 is 0 Å². The molecule has 3 aromatic heterocycles. The second kappa shape index (κ2) is 3.30. The van der Waals surface area contributed by atoms with Crippen LogP contribution in [0.25, 0.3) is 22.5 Å². The number of aromatic amines is 1. The Labute approximate surface area is 89.8 Å². The normalized spacial score (nSPS) is 10.8. The van der Waals surface area contributed by atoms with Crippen molar-refractivity contribution in [3.8, 4) is 11.6 Å². The highest BCUT2D eigenvalue weighted by atomic mass is 16.3. The van der Waals surface area contributed by atoms with Gasteiger partial charge in [0.05, 0.1) is 17.2 Å². The van der Waals surface area contributed by atoms with Gasteiger partial charge in [0.1, 0.15) is 0 Å². The molecule has 0 fully saturated rings. The molecular weight excluding hydrogens is 206 g/mol. The zero-order chi connectivity index (χ0) is 11.0. The van der Waals surface area contributed by atoms with Crippen LogP contribution in [0.15, 0.2) is 46.1 Å². The van der Waals surface area contributed by atoms with Crippen molar-refractivity contribution in [2.24, 2.45) is 0 Å². The van der Waals surface area contributed by atoms with Crippen molar-refractivity contribution in [3.63, 3.8) is 0 Å². The van der Waals surface area contributed by atoms with E-state index in [1.165, 1.54) is 12.5 Å². The molecule has 0 saturated carbocycles. The van der Waals surface area contributed by atoms with Crippen LogP contribution in [0, 0.1) is 0 Å². The molecule has 1 N–H and O–H groups in total. The van der Waals surface area contributed by atoms with Crippen LogP contribution < -0.4 is 5.56 Å². The van der Waals surface area contributed by atoms with Crippen molar-refractivity contribution in [1.29, 1.82) is 0 Å². The molecule has 0 aliphatic heterocycles. The average Bonchev–Trinajstić information content (AvgIpc) is 2.82. The fourth-order valence-electron chi connectivity index (χ4n) is 1.51. The van der Waals surface area contributed by atoms with Gasteiger partial charge in [-0.1, -0.05) is 0 Å². The highest BCUT2D eigenvalue weighted by Gasteiger charge is 2.07. The summed E-state index contributed by atoms with van der Waals surface area (Å²) in [7, 11) is 0. The minimum Gasteiger partial charge on any atom is -0.461 e. The summed E-state index contributed by atoms with van der Waals surface area (Å²) in [5.74, 6) is 0.963. The van der Waals surface area contributed by atoms with E-state index < -0.39 is 0 Å². The monoisotopic (exact) mass is 213 g/mol. The van der Waals surface area contributed by atoms with Crippen molar-refractivity contribution >= 4 is 10.9 Å². The summed E-state index contributed by atoms with van der Waals surface area (Å²) >= 11 is 0. The molecule has 0 aliphatic carbocycles. The predicted molar refractivity (Wildman–Crippen MR) is 57.9 cm³/mol. The lowest BCUT2D eigenvalue weighted by Crippen LogP contribution is -2.09. The van der Waals surface area contributed by atoms with Crippen LogP contribution in [0.4, 0.5) is 0 Å². The third-order valence-electron chi connectivity index (χ3n) is 2.26. The maximum Gasteiger partial charge on any atom is 0.260 e. The Morgan fingerprint density at radius 1 is 1.31 bits per heavy atom. The van der Waals surface area contributed by atoms with E-state index in [1.54, 1.807) is 24.4 Å². The number of furan rings is 1. The van der Waals surface area contributed by atoms with Crippen LogP contribution in [0.2, 0.25) is 0 Å². The Bertz CT molecular complexity index is 686. The summed E-state index contributed by atoms with van der Waals surface area (Å²) < 4.78 is 5.18. The maximum atomic E-state index is 11.7. The molecule has 0 saturated heterocycles. The van der Waals surface area contributed by atoms with Gasteiger partial charge in [0.15, 0.2) is 11.6 Å². The topological polar surface area (TPSA) is 71.8 Å². The van der Waals surface area contributed by atoms with E-state index in [4.69, 9.17) is 4.42 Å². The lowest BCUT2D eigenvalue weighted by Gasteiger charge is -1.98. The Hall–Kier alpha value is -2.43. The molecule has 0 amide bonds. The molecule has 0 unspecified atom stereocenters. The lowest BCUT2D eigenvalue weighted by atomic mass is 10.3. The van der Waals surface area contributed by atoms with Gasteiger partial charge in [0, 0.05) is 12.4 Å². The van der Waals surface area contributed by atoms with Gasteiger partial charge in [0.25, 0.3) is 5.56 Å². The summed E-state index contributed by atoms with van der Waals surface area (Å²) in [6.07, 6.45) is 4.62. The molecule has 3 rings (SSSR count). The molecule has 0 aliphatic rings. The van der Waals surface area contributed by atoms with Crippen molar-refractivity contribution in [2.45, 2.75) is 0 Å². The molecule has 78 valence electrons. The Morgan fingerprint density at radius 2 is 2.25 bits per heavy atom. The Balaban J connectivity index is 2.34. The number of hydrogen-bond donors (Lipinski definition) is 1. The molecule has 0 spiro atoms. The molecule has 0 atom stereocenters. The van der Waals surface area contributed by atoms with Crippen LogP contribution in [-0.4, -0.2) is 15.0 Å². The van der Waals surface area contributed by atoms with Gasteiger partial charge in [-0.15, -0.1) is 0 Å². The fraction of sp³-hybridized carbons (Fsp3) is 0. The Kier molecular flexibility index (Phi) is 1.83. The summed E-state index contributed by atoms with van der Waals surface area (Å²) in [5.41, 5.74) is 0.384. The highest BCUT2D eigenvalue weighted by Crippen LogP contribution is 2.15. The molecule has 0 bridgehead atoms. The molecule has 3 aromatic rings. The van der Waals surface area contributed by atoms with E-state index in [-0.39, 0.29) is 5.56 Å². The van der Waals surface area contributed by atoms with Crippen molar-refractivity contribution in [2.75, 3.05) is 0 Å². The second-order valence-electron chi connectivity index (χ2n) is 3.28. The summed E-state index contributed by atoms with van der Waals surface area (Å²) in [6, 6.07) is 5.17. The summed E-state index contributed by atoms with van der Waals surface area (Å²) in [4.78, 5) is 22.5. The van der Waals surface area contributed by atoms with Gasteiger partial charge < -0.3 is 9.40 Å². The van der Waals surface area contributed by atoms with E-state index in [0.717, 1.165) is 0 Å². The van der Waals surface area contributed by atoms with Gasteiger partial charge in [-0.05, 0) is 18.2 Å². The second-order valence-corrected chi connectivity index (χ2v) is 3.28. The highest BCUT2D eigenvalue weighted by molar-refractivity contribution is 5.77. The zero-order valence-electron chi connectivity index (χ0n) is 8.18. The van der Waals surface area contributed by atoms with Crippen LogP contribution in [0.5, 0.6) is 0 Å². The molecule has 5 nitrogen and oxygen atoms in total. The van der Waals surface area contributed by atoms with Crippen LogP contribution in [0.3, 0.4) is 0 Å². The summed E-state index contributed by atoms with van der Waals surface area (Å²) in [6.45, 7) is 0. The van der Waals surface area contributed by atoms with Crippen molar-refractivity contribution < 1.29 is 4.42 Å². The van der Waals surface area contributed by atoms with E-state index in [1.807, 2.05) is 0 Å². The minimum atomic E-state index is -0.218. The number of pyridine rings is 1. The van der Waals surface area contributed by atoms with Gasteiger partial charge in [-0.25, -0.2) is 4.98 Å². The standard InChI is InChI=1S/C11H7N3O2/c15-11-7-6-12-4-3-8(7)13-10(14-11)9-2-1-5-16-9/h1-6H,(H,13,14,15). The average molecular weight is 213 g/mol. The third kappa shape index (κ3) is 1.30. The first-order chi connectivity index (χ1) is 7.84. The molecule has 3 heterocycles. The number of rotatable bonds is 1. The van der Waals surface area contributed by atoms with Gasteiger partial charge in [-0.2, -0.15) is 0 Å². The van der Waals surface area contributed by atoms with Crippen LogP contribution in [-0.2, 0) is 0 Å². The molecule has 0 aromatic carbocycles. The van der Waals surface area contributed by atoms with E-state index in [2.05, 4.69) is 15.0 Å². The van der Waals surface area contributed by atoms with Gasteiger partial charge in [-0.3, -0.25) is 9.78 Å². The molecule has 5 heteroatoms. The maximum absolute atomic E-state index is 11.7. The van der Waals surface area contributed by atoms with Gasteiger partial charge in [0.2, 0.25) is 0 Å². The number of nitrogens with zero attached hydrogens (tertiary/aromatic N) is 2. The van der Waals surface area contributed by atoms with E-state index in [0.29, 0.717) is 22.5 Å². The first kappa shape index (κ1) is 8.84. The minimum absolute atomic E-state index is 0.218. The fourth-order valence-corrected chi connectivity index (χ4v) is 1.51. The van der Waals surface area contributed by atoms with Gasteiger partial charge >= 0.3 is 0 Å². The zero-order valence-corrected chi connectivity index (χ0v) is 8.18. The van der Waals surface area contributed by atoms with Crippen molar-refractivity contribution in [1.82, 2.24) is 15.0 Å². The molecule has 16 heavy (non-hydrogen) atoms. The summed E-state index contributed by atoms with van der Waals surface area (Å²) in [5, 5.41) is 0.470. The number of H-pyrrole nitrogens is 1. The quantitative estimate of drug-likeness (QED) is 0.666. The van der Waals surface area contributed by atoms with E-state index in [9.17, 15) is 4.79 Å². The third-order valence-corrected chi connectivity index (χ3v) is 2.26. The van der Waals surface area contributed by atoms with Crippen LogP contribution in [0.1, 0.15) is 0 Å². The molecule has 0 radical (unpaired) electrons. The lowest BCUT2D eigenvalue weighted by molar-refractivity contribution is 0.577. The number of nitrogens with one attached hydrogen (secondary N) is 1. The Morgan fingerprint density at radius 3 is 3.06 bits per heavy atom. The van der Waals surface area contributed by atoms with E-state index >= 15 is 0 Å². The SMILES string of the molecule is O=c1[nH]c(-c2ccco2)nc2ccncc12. The molecular formula is C11H7N3O2. The smallest absolute Gasteiger partial charge is 0.260 e. The predicted octanol–water partition coefficient (Wildman–Crippen LogP) is 1.58. The number of hydrogen-bond acceptors (Lipinski definition) is 4. The first-order valence-electron chi connectivity index (χ1n) is 4.72. The first-order valence-corrected chi connectivity index (χ1v) is 4.72. The van der Waals surface area contributed by atoms with Crippen molar-refractivity contribution in [3.05, 3.63) is 47.2 Å². The largest absolute Gasteiger partial charge is 0.461 e.